The summed E-state index contributed by atoms with van der Waals surface area (Å²) in [6.45, 7) is 3.84. The highest BCUT2D eigenvalue weighted by atomic mass is 32.2. The van der Waals surface area contributed by atoms with Crippen LogP contribution in [-0.2, 0) is 10.0 Å². The average molecular weight is 293 g/mol. The SMILES string of the molecule is Cc1cc(S(=O)(=O)NC(C)(CN)C2CC2)ccc1C#N. The van der Waals surface area contributed by atoms with Crippen molar-refractivity contribution in [1.29, 1.82) is 5.26 Å². The van der Waals surface area contributed by atoms with Gasteiger partial charge >= 0.3 is 0 Å². The molecule has 6 heteroatoms. The molecule has 1 aliphatic carbocycles. The average Bonchev–Trinajstić information content (AvgIpc) is 3.22. The van der Waals surface area contributed by atoms with Gasteiger partial charge in [0.25, 0.3) is 0 Å². The number of hydrogen-bond donors (Lipinski definition) is 2. The van der Waals surface area contributed by atoms with Gasteiger partial charge in [-0.1, -0.05) is 0 Å². The quantitative estimate of drug-likeness (QED) is 0.854. The van der Waals surface area contributed by atoms with Gasteiger partial charge in [0.1, 0.15) is 0 Å². The molecular weight excluding hydrogens is 274 g/mol. The standard InChI is InChI=1S/C14H19N3O2S/c1-10-7-13(6-3-11(10)8-15)20(18,19)17-14(2,9-16)12-4-5-12/h3,6-7,12,17H,4-5,9,16H2,1-2H3. The van der Waals surface area contributed by atoms with Gasteiger partial charge in [0.2, 0.25) is 10.0 Å². The summed E-state index contributed by atoms with van der Waals surface area (Å²) in [7, 11) is -3.62. The minimum absolute atomic E-state index is 0.175. The first-order valence-corrected chi connectivity index (χ1v) is 8.05. The van der Waals surface area contributed by atoms with Crippen LogP contribution in [0, 0.1) is 24.2 Å². The third-order valence-corrected chi connectivity index (χ3v) is 5.51. The number of sulfonamides is 1. The zero-order chi connectivity index (χ0) is 15.0. The molecule has 1 fully saturated rings. The first-order valence-electron chi connectivity index (χ1n) is 6.57. The third kappa shape index (κ3) is 2.85. The van der Waals surface area contributed by atoms with E-state index in [1.807, 2.05) is 13.0 Å². The Kier molecular flexibility index (Phi) is 3.87. The van der Waals surface area contributed by atoms with Crippen LogP contribution in [0.15, 0.2) is 23.1 Å². The summed E-state index contributed by atoms with van der Waals surface area (Å²) in [6.07, 6.45) is 2.01. The number of aryl methyl sites for hydroxylation is 1. The van der Waals surface area contributed by atoms with Gasteiger partial charge in [0, 0.05) is 12.1 Å². The Morgan fingerprint density at radius 3 is 2.60 bits per heavy atom. The van der Waals surface area contributed by atoms with Crippen LogP contribution in [0.4, 0.5) is 0 Å². The van der Waals surface area contributed by atoms with Crippen molar-refractivity contribution >= 4 is 10.0 Å². The van der Waals surface area contributed by atoms with Crippen molar-refractivity contribution in [3.63, 3.8) is 0 Å². The lowest BCUT2D eigenvalue weighted by molar-refractivity contribution is 0.374. The number of benzene rings is 1. The van der Waals surface area contributed by atoms with E-state index in [0.29, 0.717) is 17.0 Å². The number of nitrogens with two attached hydrogens (primary N) is 1. The van der Waals surface area contributed by atoms with Crippen molar-refractivity contribution < 1.29 is 8.42 Å². The van der Waals surface area contributed by atoms with Crippen molar-refractivity contribution in [2.75, 3.05) is 6.54 Å². The maximum absolute atomic E-state index is 12.4. The molecule has 1 saturated carbocycles. The van der Waals surface area contributed by atoms with E-state index in [2.05, 4.69) is 4.72 Å². The van der Waals surface area contributed by atoms with E-state index in [1.54, 1.807) is 6.92 Å². The lowest BCUT2D eigenvalue weighted by Crippen LogP contribution is -2.52. The molecule has 0 aromatic heterocycles. The zero-order valence-electron chi connectivity index (χ0n) is 11.7. The summed E-state index contributed by atoms with van der Waals surface area (Å²) in [5.41, 5.74) is 6.27. The molecule has 0 radical (unpaired) electrons. The largest absolute Gasteiger partial charge is 0.329 e. The van der Waals surface area contributed by atoms with Gasteiger partial charge in [-0.3, -0.25) is 0 Å². The van der Waals surface area contributed by atoms with Gasteiger partial charge in [-0.15, -0.1) is 0 Å². The molecule has 0 aliphatic heterocycles. The van der Waals surface area contributed by atoms with Gasteiger partial charge in [0.15, 0.2) is 0 Å². The normalized spacial score (nSPS) is 18.3. The van der Waals surface area contributed by atoms with Crippen molar-refractivity contribution in [2.24, 2.45) is 11.7 Å². The lowest BCUT2D eigenvalue weighted by atomic mass is 9.98. The molecule has 0 heterocycles. The second-order valence-corrected chi connectivity index (χ2v) is 7.27. The molecular formula is C14H19N3O2S. The minimum atomic E-state index is -3.62. The van der Waals surface area contributed by atoms with Gasteiger partial charge in [0.05, 0.1) is 16.5 Å². The minimum Gasteiger partial charge on any atom is -0.329 e. The number of hydrogen-bond acceptors (Lipinski definition) is 4. The predicted octanol–water partition coefficient (Wildman–Crippen LogP) is 1.27. The fourth-order valence-corrected chi connectivity index (χ4v) is 3.87. The van der Waals surface area contributed by atoms with Crippen LogP contribution < -0.4 is 10.5 Å². The van der Waals surface area contributed by atoms with Crippen LogP contribution >= 0.6 is 0 Å². The fourth-order valence-electron chi connectivity index (χ4n) is 2.31. The number of rotatable bonds is 5. The smallest absolute Gasteiger partial charge is 0.241 e. The van der Waals surface area contributed by atoms with Crippen LogP contribution in [-0.4, -0.2) is 20.5 Å². The molecule has 1 aromatic rings. The molecule has 0 amide bonds. The molecule has 1 atom stereocenters. The van der Waals surface area contributed by atoms with Crippen molar-refractivity contribution in [3.8, 4) is 6.07 Å². The van der Waals surface area contributed by atoms with E-state index < -0.39 is 15.6 Å². The summed E-state index contributed by atoms with van der Waals surface area (Å²) in [4.78, 5) is 0.175. The topological polar surface area (TPSA) is 96.0 Å². The van der Waals surface area contributed by atoms with Crippen LogP contribution in [0.2, 0.25) is 0 Å². The molecule has 3 N–H and O–H groups in total. The highest BCUT2D eigenvalue weighted by molar-refractivity contribution is 7.89. The summed E-state index contributed by atoms with van der Waals surface area (Å²) >= 11 is 0. The predicted molar refractivity (Wildman–Crippen MR) is 76.4 cm³/mol. The molecule has 0 spiro atoms. The number of nitrogens with one attached hydrogen (secondary N) is 1. The molecule has 5 nitrogen and oxygen atoms in total. The van der Waals surface area contributed by atoms with E-state index in [1.165, 1.54) is 18.2 Å². The van der Waals surface area contributed by atoms with E-state index in [-0.39, 0.29) is 11.4 Å². The molecule has 1 aliphatic rings. The molecule has 1 aromatic carbocycles. The Morgan fingerprint density at radius 1 is 1.50 bits per heavy atom. The van der Waals surface area contributed by atoms with Crippen molar-refractivity contribution in [1.82, 2.24) is 4.72 Å². The maximum Gasteiger partial charge on any atom is 0.241 e. The second kappa shape index (κ2) is 5.17. The summed E-state index contributed by atoms with van der Waals surface area (Å²) in [5.74, 6) is 0.307. The first kappa shape index (κ1) is 15.0. The van der Waals surface area contributed by atoms with Crippen molar-refractivity contribution in [2.45, 2.75) is 37.1 Å². The second-order valence-electron chi connectivity index (χ2n) is 5.59. The molecule has 20 heavy (non-hydrogen) atoms. The van der Waals surface area contributed by atoms with Gasteiger partial charge in [-0.25, -0.2) is 13.1 Å². The van der Waals surface area contributed by atoms with Gasteiger partial charge < -0.3 is 5.73 Å². The Bertz CT molecular complexity index is 659. The highest BCUT2D eigenvalue weighted by Gasteiger charge is 2.43. The van der Waals surface area contributed by atoms with Gasteiger partial charge in [-0.05, 0) is 56.4 Å². The maximum atomic E-state index is 12.4. The Balaban J connectivity index is 2.31. The summed E-state index contributed by atoms with van der Waals surface area (Å²) in [5, 5.41) is 8.89. The molecule has 0 bridgehead atoms. The molecule has 2 rings (SSSR count). The van der Waals surface area contributed by atoms with E-state index >= 15 is 0 Å². The fraction of sp³-hybridized carbons (Fsp3) is 0.500. The zero-order valence-corrected chi connectivity index (χ0v) is 12.5. The van der Waals surface area contributed by atoms with Crippen LogP contribution in [0.1, 0.15) is 30.9 Å². The lowest BCUT2D eigenvalue weighted by Gasteiger charge is -2.29. The van der Waals surface area contributed by atoms with E-state index in [0.717, 1.165) is 12.8 Å². The summed E-state index contributed by atoms with van der Waals surface area (Å²) in [6, 6.07) is 6.53. The third-order valence-electron chi connectivity index (χ3n) is 3.90. The Labute approximate surface area is 119 Å². The Hall–Kier alpha value is -1.42. The van der Waals surface area contributed by atoms with Crippen LogP contribution in [0.3, 0.4) is 0 Å². The molecule has 108 valence electrons. The number of nitrogens with zero attached hydrogens (tertiary/aromatic N) is 1. The van der Waals surface area contributed by atoms with Crippen LogP contribution in [0.5, 0.6) is 0 Å². The first-order chi connectivity index (χ1) is 9.32. The summed E-state index contributed by atoms with van der Waals surface area (Å²) < 4.78 is 27.6. The van der Waals surface area contributed by atoms with E-state index in [9.17, 15) is 8.42 Å². The molecule has 0 saturated heterocycles. The van der Waals surface area contributed by atoms with Crippen molar-refractivity contribution in [3.05, 3.63) is 29.3 Å². The van der Waals surface area contributed by atoms with E-state index in [4.69, 9.17) is 11.0 Å². The molecule has 1 unspecified atom stereocenters. The monoisotopic (exact) mass is 293 g/mol. The number of nitriles is 1. The van der Waals surface area contributed by atoms with Gasteiger partial charge in [-0.2, -0.15) is 5.26 Å². The Morgan fingerprint density at radius 2 is 2.15 bits per heavy atom. The highest BCUT2D eigenvalue weighted by Crippen LogP contribution is 2.39. The van der Waals surface area contributed by atoms with Crippen LogP contribution in [0.25, 0.3) is 0 Å².